The van der Waals surface area contributed by atoms with E-state index in [1.54, 1.807) is 47.4 Å². The van der Waals surface area contributed by atoms with Crippen molar-refractivity contribution >= 4 is 11.6 Å². The first-order valence-corrected chi connectivity index (χ1v) is 8.24. The molecule has 0 fully saturated rings. The minimum Gasteiger partial charge on any atom is -0.322 e. The van der Waals surface area contributed by atoms with Crippen molar-refractivity contribution in [3.8, 4) is 0 Å². The van der Waals surface area contributed by atoms with Crippen molar-refractivity contribution in [3.63, 3.8) is 0 Å². The lowest BCUT2D eigenvalue weighted by atomic mass is 10.1. The van der Waals surface area contributed by atoms with Crippen LogP contribution in [0.3, 0.4) is 0 Å². The average Bonchev–Trinajstić information content (AvgIpc) is 3.07. The summed E-state index contributed by atoms with van der Waals surface area (Å²) in [6, 6.07) is 14.8. The number of aryl methyl sites for hydroxylation is 1. The fourth-order valence-corrected chi connectivity index (χ4v) is 3.39. The van der Waals surface area contributed by atoms with E-state index in [0.29, 0.717) is 5.69 Å². The number of anilines is 1. The van der Waals surface area contributed by atoms with E-state index in [9.17, 15) is 9.59 Å². The summed E-state index contributed by atoms with van der Waals surface area (Å²) in [6.45, 7) is 0. The number of amides is 1. The van der Waals surface area contributed by atoms with Crippen molar-refractivity contribution in [1.82, 2.24) is 9.55 Å². The number of hydrogen-bond acceptors (Lipinski definition) is 3. The molecule has 2 aromatic heterocycles. The SMILES string of the molecule is O=C(Nc1ccncc1)c1cccn([C@H]2CCc3ccccc32)c1=O. The van der Waals surface area contributed by atoms with Crippen LogP contribution in [0.4, 0.5) is 5.69 Å². The zero-order chi connectivity index (χ0) is 17.2. The van der Waals surface area contributed by atoms with Gasteiger partial charge in [0.15, 0.2) is 0 Å². The number of hydrogen-bond donors (Lipinski definition) is 1. The Morgan fingerprint density at radius 3 is 2.72 bits per heavy atom. The van der Waals surface area contributed by atoms with Gasteiger partial charge in [-0.2, -0.15) is 0 Å². The van der Waals surface area contributed by atoms with Crippen LogP contribution < -0.4 is 10.9 Å². The molecule has 0 radical (unpaired) electrons. The molecule has 0 unspecified atom stereocenters. The molecule has 5 nitrogen and oxygen atoms in total. The van der Waals surface area contributed by atoms with Crippen LogP contribution in [0.5, 0.6) is 0 Å². The highest BCUT2D eigenvalue weighted by Crippen LogP contribution is 2.33. The number of carbonyl (C=O) groups is 1. The molecule has 0 spiro atoms. The van der Waals surface area contributed by atoms with Gasteiger partial charge in [-0.05, 0) is 48.2 Å². The Morgan fingerprint density at radius 2 is 1.88 bits per heavy atom. The van der Waals surface area contributed by atoms with Gasteiger partial charge >= 0.3 is 0 Å². The Labute approximate surface area is 145 Å². The third-order valence-electron chi connectivity index (χ3n) is 4.59. The molecule has 3 aromatic rings. The summed E-state index contributed by atoms with van der Waals surface area (Å²) in [5.74, 6) is -0.406. The van der Waals surface area contributed by atoms with E-state index in [-0.39, 0.29) is 17.2 Å². The number of rotatable bonds is 3. The summed E-state index contributed by atoms with van der Waals surface area (Å²) in [5, 5.41) is 2.74. The molecule has 1 aliphatic rings. The van der Waals surface area contributed by atoms with Crippen molar-refractivity contribution in [2.75, 3.05) is 5.32 Å². The van der Waals surface area contributed by atoms with Crippen LogP contribution in [0.15, 0.2) is 71.9 Å². The first-order valence-electron chi connectivity index (χ1n) is 8.24. The van der Waals surface area contributed by atoms with Crippen LogP contribution in [-0.4, -0.2) is 15.5 Å². The fraction of sp³-hybridized carbons (Fsp3) is 0.150. The Hall–Kier alpha value is -3.21. The summed E-state index contributed by atoms with van der Waals surface area (Å²) in [4.78, 5) is 29.3. The van der Waals surface area contributed by atoms with Gasteiger partial charge in [0.2, 0.25) is 0 Å². The van der Waals surface area contributed by atoms with E-state index in [4.69, 9.17) is 0 Å². The molecule has 124 valence electrons. The highest BCUT2D eigenvalue weighted by molar-refractivity contribution is 6.03. The van der Waals surface area contributed by atoms with Gasteiger partial charge in [0.05, 0.1) is 6.04 Å². The molecule has 1 aliphatic carbocycles. The number of nitrogens with one attached hydrogen (secondary N) is 1. The van der Waals surface area contributed by atoms with Gasteiger partial charge in [0.25, 0.3) is 11.5 Å². The molecule has 0 saturated carbocycles. The van der Waals surface area contributed by atoms with Gasteiger partial charge in [-0.3, -0.25) is 14.6 Å². The average molecular weight is 331 g/mol. The molecule has 0 saturated heterocycles. The summed E-state index contributed by atoms with van der Waals surface area (Å²) < 4.78 is 1.67. The number of pyridine rings is 2. The third kappa shape index (κ3) is 2.85. The molecular weight excluding hydrogens is 314 g/mol. The molecule has 2 heterocycles. The molecule has 5 heteroatoms. The quantitative estimate of drug-likeness (QED) is 0.802. The second-order valence-electron chi connectivity index (χ2n) is 6.08. The Bertz CT molecular complexity index is 979. The van der Waals surface area contributed by atoms with Crippen LogP contribution in [0.1, 0.15) is 33.9 Å². The van der Waals surface area contributed by atoms with Crippen LogP contribution in [0.25, 0.3) is 0 Å². The second-order valence-corrected chi connectivity index (χ2v) is 6.08. The number of carbonyl (C=O) groups excluding carboxylic acids is 1. The van der Waals surface area contributed by atoms with Gasteiger partial charge < -0.3 is 9.88 Å². The third-order valence-corrected chi connectivity index (χ3v) is 4.59. The standard InChI is InChI=1S/C20H17N3O2/c24-19(22-15-9-11-21-12-10-15)17-6-3-13-23(20(17)25)18-8-7-14-4-1-2-5-16(14)18/h1-6,9-13,18H,7-8H2,(H,21,22,24)/t18-/m0/s1. The Kier molecular flexibility index (Phi) is 3.90. The molecule has 1 aromatic carbocycles. The number of benzene rings is 1. The lowest BCUT2D eigenvalue weighted by Crippen LogP contribution is -2.30. The maximum Gasteiger partial charge on any atom is 0.263 e. The number of nitrogens with zero attached hydrogens (tertiary/aromatic N) is 2. The maximum absolute atomic E-state index is 12.9. The molecule has 0 bridgehead atoms. The highest BCUT2D eigenvalue weighted by atomic mass is 16.2. The van der Waals surface area contributed by atoms with Gasteiger partial charge in [-0.25, -0.2) is 0 Å². The van der Waals surface area contributed by atoms with Gasteiger partial charge in [0, 0.05) is 24.3 Å². The van der Waals surface area contributed by atoms with E-state index in [1.165, 1.54) is 5.56 Å². The molecule has 4 rings (SSSR count). The topological polar surface area (TPSA) is 64.0 Å². The predicted molar refractivity (Wildman–Crippen MR) is 95.8 cm³/mol. The van der Waals surface area contributed by atoms with E-state index < -0.39 is 5.91 Å². The van der Waals surface area contributed by atoms with E-state index in [0.717, 1.165) is 18.4 Å². The zero-order valence-electron chi connectivity index (χ0n) is 13.6. The van der Waals surface area contributed by atoms with Crippen molar-refractivity contribution in [1.29, 1.82) is 0 Å². The van der Waals surface area contributed by atoms with Crippen molar-refractivity contribution in [2.24, 2.45) is 0 Å². The highest BCUT2D eigenvalue weighted by Gasteiger charge is 2.25. The summed E-state index contributed by atoms with van der Waals surface area (Å²) >= 11 is 0. The van der Waals surface area contributed by atoms with Crippen molar-refractivity contribution in [3.05, 3.63) is 94.2 Å². The summed E-state index contributed by atoms with van der Waals surface area (Å²) in [6.07, 6.45) is 6.76. The monoisotopic (exact) mass is 331 g/mol. The lowest BCUT2D eigenvalue weighted by molar-refractivity contribution is 0.102. The molecule has 1 atom stereocenters. The minimum atomic E-state index is -0.406. The minimum absolute atomic E-state index is 0.0163. The number of aromatic nitrogens is 2. The largest absolute Gasteiger partial charge is 0.322 e. The zero-order valence-corrected chi connectivity index (χ0v) is 13.6. The van der Waals surface area contributed by atoms with E-state index in [2.05, 4.69) is 22.4 Å². The lowest BCUT2D eigenvalue weighted by Gasteiger charge is -2.16. The first-order chi connectivity index (χ1) is 12.2. The summed E-state index contributed by atoms with van der Waals surface area (Å²) in [7, 11) is 0. The molecular formula is C20H17N3O2. The Morgan fingerprint density at radius 1 is 1.08 bits per heavy atom. The van der Waals surface area contributed by atoms with E-state index in [1.807, 2.05) is 12.1 Å². The number of fused-ring (bicyclic) bond motifs is 1. The van der Waals surface area contributed by atoms with Crippen molar-refractivity contribution in [2.45, 2.75) is 18.9 Å². The maximum atomic E-state index is 12.9. The summed E-state index contributed by atoms with van der Waals surface area (Å²) in [5.41, 5.74) is 2.92. The van der Waals surface area contributed by atoms with Crippen molar-refractivity contribution < 1.29 is 4.79 Å². The van der Waals surface area contributed by atoms with Gasteiger partial charge in [0.1, 0.15) is 5.56 Å². The first kappa shape index (κ1) is 15.3. The van der Waals surface area contributed by atoms with Gasteiger partial charge in [-0.15, -0.1) is 0 Å². The normalized spacial score (nSPS) is 15.6. The molecule has 25 heavy (non-hydrogen) atoms. The van der Waals surface area contributed by atoms with Gasteiger partial charge in [-0.1, -0.05) is 24.3 Å². The molecule has 0 aliphatic heterocycles. The molecule has 1 N–H and O–H groups in total. The van der Waals surface area contributed by atoms with Crippen LogP contribution in [-0.2, 0) is 6.42 Å². The molecule has 1 amide bonds. The smallest absolute Gasteiger partial charge is 0.263 e. The van der Waals surface area contributed by atoms with E-state index >= 15 is 0 Å². The van der Waals surface area contributed by atoms with Crippen LogP contribution >= 0.6 is 0 Å². The fourth-order valence-electron chi connectivity index (χ4n) is 3.39. The van der Waals surface area contributed by atoms with Crippen LogP contribution in [0, 0.1) is 0 Å². The predicted octanol–water partition coefficient (Wildman–Crippen LogP) is 3.03. The Balaban J connectivity index is 1.68. The van der Waals surface area contributed by atoms with Crippen LogP contribution in [0.2, 0.25) is 0 Å². The second kappa shape index (κ2) is 6.36.